The van der Waals surface area contributed by atoms with Gasteiger partial charge in [0.25, 0.3) is 0 Å². The Kier molecular flexibility index (Phi) is 15.5. The highest BCUT2D eigenvalue weighted by Gasteiger charge is 2.58. The first-order chi connectivity index (χ1) is 32.0. The minimum absolute atomic E-state index is 0.0161. The zero-order valence-electron chi connectivity index (χ0n) is 35.5. The Morgan fingerprint density at radius 1 is 0.609 bits per heavy atom. The summed E-state index contributed by atoms with van der Waals surface area (Å²) in [5.41, 5.74) is 6.81. The molecule has 0 radical (unpaired) electrons. The van der Waals surface area contributed by atoms with Crippen molar-refractivity contribution in [2.75, 3.05) is 6.61 Å². The number of hydrogen-bond donors (Lipinski definition) is 3. The first kappa shape index (κ1) is 52.9. The number of carbonyl (C=O) groups excluding carboxylic acids is 1. The fourth-order valence-corrected chi connectivity index (χ4v) is 6.29. The average molecular weight is 1000 g/mol. The number of halogens is 15. The first-order valence-corrected chi connectivity index (χ1v) is 19.8. The lowest BCUT2D eigenvalue weighted by atomic mass is 10.1. The largest absolute Gasteiger partial charge is 0.460 e. The molecule has 7 aromatic rings. The Bertz CT molecular complexity index is 2890. The number of aromatic amines is 1. The summed E-state index contributed by atoms with van der Waals surface area (Å²) in [4.78, 5) is 27.9. The molecule has 7 heterocycles. The quantitative estimate of drug-likeness (QED) is 0.0253. The molecule has 14 nitrogen and oxygen atoms in total. The Hall–Kier alpha value is -7.10. The summed E-state index contributed by atoms with van der Waals surface area (Å²) in [7, 11) is 0. The molecule has 7 aromatic heterocycles. The summed E-state index contributed by atoms with van der Waals surface area (Å²) in [5.74, 6) is -9.28. The van der Waals surface area contributed by atoms with Gasteiger partial charge in [0.15, 0.2) is 17.5 Å². The number of rotatable bonds is 13. The fraction of sp³-hybridized carbons (Fsp3) is 0.375. The Balaban J connectivity index is 0.000000193. The van der Waals surface area contributed by atoms with Crippen molar-refractivity contribution in [3.63, 3.8) is 0 Å². The number of ether oxygens (including phenoxy) is 1. The van der Waals surface area contributed by atoms with Crippen molar-refractivity contribution in [1.82, 2.24) is 43.3 Å². The van der Waals surface area contributed by atoms with Crippen LogP contribution >= 0.6 is 0 Å². The molecule has 0 fully saturated rings. The maximum Gasteiger partial charge on any atom is 0.453 e. The van der Waals surface area contributed by atoms with Gasteiger partial charge in [0, 0.05) is 37.9 Å². The van der Waals surface area contributed by atoms with Crippen LogP contribution in [0.3, 0.4) is 0 Å². The van der Waals surface area contributed by atoms with Crippen molar-refractivity contribution in [2.45, 2.75) is 88.7 Å². The van der Waals surface area contributed by atoms with Crippen LogP contribution < -0.4 is 11.6 Å². The molecule has 374 valence electrons. The smallest absolute Gasteiger partial charge is 0.453 e. The number of amidine groups is 1. The highest BCUT2D eigenvalue weighted by atomic mass is 19.4. The van der Waals surface area contributed by atoms with Gasteiger partial charge in [0.2, 0.25) is 11.6 Å². The van der Waals surface area contributed by atoms with Crippen molar-refractivity contribution in [2.24, 2.45) is 16.7 Å². The molecule has 0 bridgehead atoms. The summed E-state index contributed by atoms with van der Waals surface area (Å²) < 4.78 is 198. The monoisotopic (exact) mass is 1000 g/mol. The van der Waals surface area contributed by atoms with Crippen LogP contribution in [0.5, 0.6) is 0 Å². The number of H-pyrrole nitrogens is 1. The molecule has 0 aromatic carbocycles. The molecule has 0 saturated heterocycles. The van der Waals surface area contributed by atoms with Crippen molar-refractivity contribution < 1.29 is 75.4 Å². The van der Waals surface area contributed by atoms with Gasteiger partial charge in [-0.15, -0.1) is 0 Å². The third kappa shape index (κ3) is 12.0. The van der Waals surface area contributed by atoms with Gasteiger partial charge in [-0.2, -0.15) is 76.1 Å². The molecular formula is C40H37F15N12O2. The molecular weight excluding hydrogens is 965 g/mol. The maximum atomic E-state index is 13.2. The molecule has 0 aliphatic carbocycles. The predicted molar refractivity (Wildman–Crippen MR) is 215 cm³/mol. The van der Waals surface area contributed by atoms with Gasteiger partial charge in [-0.1, -0.05) is 18.2 Å². The number of pyridine rings is 3. The number of imidazole rings is 3. The molecule has 0 amide bonds. The van der Waals surface area contributed by atoms with E-state index in [0.29, 0.717) is 16.9 Å². The molecule has 69 heavy (non-hydrogen) atoms. The van der Waals surface area contributed by atoms with Crippen LogP contribution in [0.15, 0.2) is 78.3 Å². The summed E-state index contributed by atoms with van der Waals surface area (Å²) in [6, 6.07) is 14.3. The highest BCUT2D eigenvalue weighted by Crippen LogP contribution is 2.41. The molecule has 7 rings (SSSR count). The van der Waals surface area contributed by atoms with E-state index < -0.39 is 80.8 Å². The Morgan fingerprint density at radius 3 is 1.39 bits per heavy atom. The maximum absolute atomic E-state index is 13.2. The van der Waals surface area contributed by atoms with Gasteiger partial charge >= 0.3 is 42.3 Å². The van der Waals surface area contributed by atoms with Crippen molar-refractivity contribution >= 4 is 28.4 Å². The summed E-state index contributed by atoms with van der Waals surface area (Å²) in [5, 5.41) is 9.84. The Morgan fingerprint density at radius 2 is 1.00 bits per heavy atom. The zero-order valence-corrected chi connectivity index (χ0v) is 35.5. The van der Waals surface area contributed by atoms with Crippen LogP contribution in [-0.4, -0.2) is 98.0 Å². The number of nitrogens with one attached hydrogen (secondary N) is 1. The van der Waals surface area contributed by atoms with Crippen LogP contribution in [0.25, 0.3) is 28.2 Å². The van der Waals surface area contributed by atoms with Crippen molar-refractivity contribution in [3.05, 3.63) is 108 Å². The van der Waals surface area contributed by atoms with Crippen LogP contribution in [0, 0.1) is 6.92 Å². The number of nitrogens with zero attached hydrogens (tertiary/aromatic N) is 9. The number of hydrogen-bond acceptors (Lipinski definition) is 9. The van der Waals surface area contributed by atoms with E-state index in [1.165, 1.54) is 33.3 Å². The fourth-order valence-electron chi connectivity index (χ4n) is 6.29. The number of nitrogens with two attached hydrogens (primary N) is 2. The topological polar surface area (TPSA) is 184 Å². The van der Waals surface area contributed by atoms with E-state index in [0.717, 1.165) is 0 Å². The average Bonchev–Trinajstić information content (AvgIpc) is 4.06. The van der Waals surface area contributed by atoms with E-state index in [-0.39, 0.29) is 58.3 Å². The number of aromatic nitrogens is 9. The van der Waals surface area contributed by atoms with Gasteiger partial charge in [0.05, 0.1) is 40.2 Å². The van der Waals surface area contributed by atoms with Crippen molar-refractivity contribution in [3.8, 4) is 11.6 Å². The Labute approximate surface area is 378 Å². The van der Waals surface area contributed by atoms with Crippen LogP contribution in [0.2, 0.25) is 0 Å². The molecule has 5 N–H and O–H groups in total. The van der Waals surface area contributed by atoms with E-state index in [1.807, 2.05) is 0 Å². The first-order valence-electron chi connectivity index (χ1n) is 19.8. The van der Waals surface area contributed by atoms with Crippen LogP contribution in [-0.2, 0) is 24.0 Å². The summed E-state index contributed by atoms with van der Waals surface area (Å²) >= 11 is 0. The number of fused-ring (bicyclic) bond motifs is 3. The number of hydrazone groups is 1. The SMILES string of the molecule is CCOC(=O)c1nc(CCC(F)(F)C(F)(F)F)c2ccccn12.Cc1nc(-c2nc(CCC(F)(F)C(F)(F)F)c3ccccn23)n[nH]1.N/N=C(\N)c1nc(CCC(F)(F)C(F)(F)F)c2ccccn12. The second kappa shape index (κ2) is 20.2. The third-order valence-corrected chi connectivity index (χ3v) is 9.77. The summed E-state index contributed by atoms with van der Waals surface area (Å²) in [6.07, 6.45) is -18.1. The minimum atomic E-state index is -5.62. The molecule has 0 aliphatic rings. The number of esters is 1. The lowest BCUT2D eigenvalue weighted by molar-refractivity contribution is -0.284. The van der Waals surface area contributed by atoms with Crippen molar-refractivity contribution in [1.29, 1.82) is 0 Å². The van der Waals surface area contributed by atoms with Gasteiger partial charge in [-0.05, 0) is 69.5 Å². The van der Waals surface area contributed by atoms with Gasteiger partial charge in [-0.3, -0.25) is 18.3 Å². The molecule has 0 unspecified atom stereocenters. The summed E-state index contributed by atoms with van der Waals surface area (Å²) in [6.45, 7) is 3.34. The lowest BCUT2D eigenvalue weighted by Crippen LogP contribution is -2.36. The van der Waals surface area contributed by atoms with Gasteiger partial charge < -0.3 is 16.3 Å². The second-order valence-corrected chi connectivity index (χ2v) is 14.6. The number of aryl methyl sites for hydroxylation is 4. The zero-order chi connectivity index (χ0) is 51.3. The number of alkyl halides is 15. The van der Waals surface area contributed by atoms with Crippen LogP contribution in [0.4, 0.5) is 65.9 Å². The lowest BCUT2D eigenvalue weighted by Gasteiger charge is -2.18. The second-order valence-electron chi connectivity index (χ2n) is 14.6. The highest BCUT2D eigenvalue weighted by molar-refractivity contribution is 5.95. The molecule has 29 heteroatoms. The van der Waals surface area contributed by atoms with Crippen LogP contribution in [0.1, 0.15) is 65.5 Å². The van der Waals surface area contributed by atoms with E-state index >= 15 is 0 Å². The normalized spacial score (nSPS) is 13.1. The molecule has 0 spiro atoms. The molecule has 0 atom stereocenters. The van der Waals surface area contributed by atoms with E-state index in [1.54, 1.807) is 66.9 Å². The van der Waals surface area contributed by atoms with E-state index in [2.05, 4.69) is 35.2 Å². The third-order valence-electron chi connectivity index (χ3n) is 9.77. The molecule has 0 saturated carbocycles. The minimum Gasteiger partial charge on any atom is -0.460 e. The van der Waals surface area contributed by atoms with E-state index in [9.17, 15) is 70.7 Å². The van der Waals surface area contributed by atoms with Gasteiger partial charge in [0.1, 0.15) is 5.82 Å². The standard InChI is InChI=1S/C14H12F5N5.C14H13F5N2O2.C12H12F5N5/c1-8-20-11(23-22-8)12-21-9(10-4-2-3-7-24(10)12)5-6-13(15,16)14(17,18)19;1-2-23-12(22)11-20-9(10-5-3-4-8-21(10)11)6-7-13(15,16)14(17,18)19;13-11(14,12(15,16)17)5-4-7-8-3-1-2-6-22(8)10(20-7)9(18)21-19/h2-4,7H,5-6H2,1H3,(H,20,22,23);3-5,8H,2,6-7H2,1H3;1-3,6H,4-5,19H2,(H2,18,21). The van der Waals surface area contributed by atoms with Gasteiger partial charge in [-0.25, -0.2) is 24.7 Å². The number of carbonyl (C=O) groups is 1. The molecule has 0 aliphatic heterocycles. The van der Waals surface area contributed by atoms with E-state index in [4.69, 9.17) is 16.3 Å². The predicted octanol–water partition coefficient (Wildman–Crippen LogP) is 9.24.